The molecule has 0 aromatic heterocycles. The highest BCUT2D eigenvalue weighted by molar-refractivity contribution is 5.91. The second kappa shape index (κ2) is 7.59. The molecule has 2 amide bonds. The number of hydrogen-bond acceptors (Lipinski definition) is 6. The first-order chi connectivity index (χ1) is 11.3. The Morgan fingerprint density at radius 3 is 2.16 bits per heavy atom. The Bertz CT molecular complexity index is 520. The van der Waals surface area contributed by atoms with Gasteiger partial charge in [0, 0.05) is 13.0 Å². The minimum atomic E-state index is -0.917. The van der Waals surface area contributed by atoms with Gasteiger partial charge in [0.25, 0.3) is 0 Å². The van der Waals surface area contributed by atoms with Crippen molar-refractivity contribution in [1.29, 1.82) is 0 Å². The highest BCUT2D eigenvalue weighted by atomic mass is 16.6. The number of aliphatic hydroxyl groups is 1. The van der Waals surface area contributed by atoms with E-state index in [-0.39, 0.29) is 13.0 Å². The first-order valence-electron chi connectivity index (χ1n) is 8.32. The van der Waals surface area contributed by atoms with Crippen LogP contribution in [0.25, 0.3) is 0 Å². The van der Waals surface area contributed by atoms with Crippen molar-refractivity contribution < 1.29 is 29.0 Å². The van der Waals surface area contributed by atoms with Gasteiger partial charge in [-0.25, -0.2) is 9.59 Å². The second-order valence-corrected chi connectivity index (χ2v) is 8.36. The van der Waals surface area contributed by atoms with Crippen molar-refractivity contribution in [2.75, 3.05) is 13.7 Å². The van der Waals surface area contributed by atoms with E-state index in [2.05, 4.69) is 5.32 Å². The van der Waals surface area contributed by atoms with Gasteiger partial charge in [-0.15, -0.1) is 0 Å². The van der Waals surface area contributed by atoms with Crippen molar-refractivity contribution in [1.82, 2.24) is 10.2 Å². The topological polar surface area (TPSA) is 105 Å². The van der Waals surface area contributed by atoms with Gasteiger partial charge >= 0.3 is 12.1 Å². The van der Waals surface area contributed by atoms with E-state index in [1.165, 1.54) is 12.0 Å². The van der Waals surface area contributed by atoms with Gasteiger partial charge in [-0.1, -0.05) is 20.8 Å². The van der Waals surface area contributed by atoms with E-state index < -0.39 is 47.2 Å². The molecule has 1 fully saturated rings. The zero-order valence-corrected chi connectivity index (χ0v) is 16.1. The Morgan fingerprint density at radius 2 is 1.72 bits per heavy atom. The Labute approximate surface area is 148 Å². The fourth-order valence-electron chi connectivity index (χ4n) is 2.66. The van der Waals surface area contributed by atoms with Crippen LogP contribution in [0.5, 0.6) is 0 Å². The lowest BCUT2D eigenvalue weighted by molar-refractivity contribution is -0.152. The van der Waals surface area contributed by atoms with E-state index in [0.717, 1.165) is 0 Å². The summed E-state index contributed by atoms with van der Waals surface area (Å²) in [4.78, 5) is 38.3. The molecule has 144 valence electrons. The number of alkyl carbamates (subject to hydrolysis) is 1. The summed E-state index contributed by atoms with van der Waals surface area (Å²) in [6, 6.07) is -1.78. The smallest absolute Gasteiger partial charge is 0.408 e. The largest absolute Gasteiger partial charge is 0.467 e. The maximum absolute atomic E-state index is 13.0. The second-order valence-electron chi connectivity index (χ2n) is 8.36. The average molecular weight is 358 g/mol. The van der Waals surface area contributed by atoms with E-state index in [0.29, 0.717) is 0 Å². The number of nitrogens with zero attached hydrogens (tertiary/aromatic N) is 1. The van der Waals surface area contributed by atoms with Gasteiger partial charge in [0.2, 0.25) is 5.91 Å². The molecule has 1 aliphatic rings. The molecule has 1 aliphatic heterocycles. The molecule has 8 nitrogen and oxygen atoms in total. The maximum Gasteiger partial charge on any atom is 0.408 e. The lowest BCUT2D eigenvalue weighted by Gasteiger charge is -2.35. The van der Waals surface area contributed by atoms with Gasteiger partial charge in [-0.2, -0.15) is 0 Å². The molecule has 0 spiro atoms. The number of rotatable bonds is 3. The number of ether oxygens (including phenoxy) is 2. The van der Waals surface area contributed by atoms with Crippen molar-refractivity contribution >= 4 is 18.0 Å². The van der Waals surface area contributed by atoms with Crippen LogP contribution in [0.3, 0.4) is 0 Å². The van der Waals surface area contributed by atoms with E-state index >= 15 is 0 Å². The number of esters is 1. The van der Waals surface area contributed by atoms with Crippen molar-refractivity contribution in [2.24, 2.45) is 5.41 Å². The summed E-state index contributed by atoms with van der Waals surface area (Å²) in [5.41, 5.74) is -1.32. The van der Waals surface area contributed by atoms with Gasteiger partial charge in [0.1, 0.15) is 17.7 Å². The molecule has 0 aromatic carbocycles. The van der Waals surface area contributed by atoms with Crippen LogP contribution >= 0.6 is 0 Å². The summed E-state index contributed by atoms with van der Waals surface area (Å²) < 4.78 is 9.95. The maximum atomic E-state index is 13.0. The summed E-state index contributed by atoms with van der Waals surface area (Å²) in [6.07, 6.45) is -1.41. The number of hydrogen-bond donors (Lipinski definition) is 2. The molecular formula is C17H30N2O6. The number of aliphatic hydroxyl groups excluding tert-OH is 1. The molecule has 0 aromatic rings. The highest BCUT2D eigenvalue weighted by Gasteiger charge is 2.45. The number of amides is 2. The van der Waals surface area contributed by atoms with Crippen LogP contribution in [0.2, 0.25) is 0 Å². The molecule has 1 saturated heterocycles. The third kappa shape index (κ3) is 5.88. The first kappa shape index (κ1) is 21.2. The summed E-state index contributed by atoms with van der Waals surface area (Å²) >= 11 is 0. The summed E-state index contributed by atoms with van der Waals surface area (Å²) in [6.45, 7) is 10.6. The minimum absolute atomic E-state index is 0.0151. The average Bonchev–Trinajstić information content (AvgIpc) is 2.82. The van der Waals surface area contributed by atoms with Gasteiger partial charge in [-0.05, 0) is 26.2 Å². The molecule has 2 N–H and O–H groups in total. The SMILES string of the molecule is COC(=O)[C@H]1C[C@@H](O)CN1C(=O)[C@@H](NC(=O)OC(C)(C)C)C(C)(C)C. The number of nitrogens with one attached hydrogen (secondary N) is 1. The predicted molar refractivity (Wildman–Crippen MR) is 90.8 cm³/mol. The molecule has 0 aliphatic carbocycles. The Kier molecular flexibility index (Phi) is 6.44. The normalized spacial score (nSPS) is 22.3. The van der Waals surface area contributed by atoms with E-state index in [9.17, 15) is 19.5 Å². The van der Waals surface area contributed by atoms with Crippen LogP contribution in [0, 0.1) is 5.41 Å². The first-order valence-corrected chi connectivity index (χ1v) is 8.32. The number of likely N-dealkylation sites (tertiary alicyclic amines) is 1. The molecule has 3 atom stereocenters. The molecule has 8 heteroatoms. The standard InChI is InChI=1S/C17H30N2O6/c1-16(2,3)12(18-15(23)25-17(4,5)6)13(21)19-9-10(20)8-11(19)14(22)24-7/h10-12,20H,8-9H2,1-7H3,(H,18,23)/t10-,11-,12-/m1/s1. The Hall–Kier alpha value is -1.83. The van der Waals surface area contributed by atoms with E-state index in [1.807, 2.05) is 0 Å². The molecule has 0 bridgehead atoms. The predicted octanol–water partition coefficient (Wildman–Crippen LogP) is 1.06. The fraction of sp³-hybridized carbons (Fsp3) is 0.824. The minimum Gasteiger partial charge on any atom is -0.467 e. The van der Waals surface area contributed by atoms with Crippen LogP contribution in [-0.4, -0.2) is 65.4 Å². The van der Waals surface area contributed by atoms with Crippen LogP contribution in [-0.2, 0) is 19.1 Å². The van der Waals surface area contributed by atoms with Crippen LogP contribution in [0.1, 0.15) is 48.0 Å². The lowest BCUT2D eigenvalue weighted by atomic mass is 9.85. The molecule has 0 unspecified atom stereocenters. The van der Waals surface area contributed by atoms with Crippen LogP contribution in [0.15, 0.2) is 0 Å². The van der Waals surface area contributed by atoms with Crippen molar-refractivity contribution in [3.8, 4) is 0 Å². The summed E-state index contributed by atoms with van der Waals surface area (Å²) in [7, 11) is 1.23. The fourth-order valence-corrected chi connectivity index (χ4v) is 2.66. The lowest BCUT2D eigenvalue weighted by Crippen LogP contribution is -2.57. The summed E-state index contributed by atoms with van der Waals surface area (Å²) in [5, 5.41) is 12.5. The Morgan fingerprint density at radius 1 is 1.16 bits per heavy atom. The monoisotopic (exact) mass is 358 g/mol. The quantitative estimate of drug-likeness (QED) is 0.731. The number of carbonyl (C=O) groups is 3. The van der Waals surface area contributed by atoms with Gasteiger partial charge in [-0.3, -0.25) is 4.79 Å². The van der Waals surface area contributed by atoms with E-state index in [4.69, 9.17) is 9.47 Å². The third-order valence-electron chi connectivity index (χ3n) is 3.81. The summed E-state index contributed by atoms with van der Waals surface area (Å²) in [5.74, 6) is -1.04. The zero-order chi connectivity index (χ0) is 19.6. The van der Waals surface area contributed by atoms with Crippen LogP contribution < -0.4 is 5.32 Å². The molecule has 0 saturated carbocycles. The van der Waals surface area contributed by atoms with Crippen LogP contribution in [0.4, 0.5) is 4.79 Å². The van der Waals surface area contributed by atoms with Crippen molar-refractivity contribution in [3.63, 3.8) is 0 Å². The molecule has 1 rings (SSSR count). The number of β-amino-alcohol motifs (C(OH)–C–C–N with tert-alkyl or cyclic N) is 1. The van der Waals surface area contributed by atoms with Crippen molar-refractivity contribution in [3.05, 3.63) is 0 Å². The number of carbonyl (C=O) groups excluding carboxylic acids is 3. The van der Waals surface area contributed by atoms with Gasteiger partial charge in [0.15, 0.2) is 0 Å². The Balaban J connectivity index is 3.01. The molecule has 0 radical (unpaired) electrons. The van der Waals surface area contributed by atoms with Gasteiger partial charge in [0.05, 0.1) is 13.2 Å². The van der Waals surface area contributed by atoms with Gasteiger partial charge < -0.3 is 24.8 Å². The molecular weight excluding hydrogens is 328 g/mol. The number of methoxy groups -OCH3 is 1. The molecule has 1 heterocycles. The molecule has 25 heavy (non-hydrogen) atoms. The third-order valence-corrected chi connectivity index (χ3v) is 3.81. The van der Waals surface area contributed by atoms with E-state index in [1.54, 1.807) is 41.5 Å². The zero-order valence-electron chi connectivity index (χ0n) is 16.1. The van der Waals surface area contributed by atoms with Crippen molar-refractivity contribution in [2.45, 2.75) is 71.8 Å². The highest BCUT2D eigenvalue weighted by Crippen LogP contribution is 2.26.